The highest BCUT2D eigenvalue weighted by atomic mass is 35.5. The van der Waals surface area contributed by atoms with E-state index in [4.69, 9.17) is 62.2 Å². The van der Waals surface area contributed by atoms with Crippen molar-refractivity contribution in [2.45, 2.75) is 47.1 Å². The molecule has 33 heavy (non-hydrogen) atoms. The molecule has 0 aromatic rings. The van der Waals surface area contributed by atoms with Crippen molar-refractivity contribution in [3.63, 3.8) is 0 Å². The van der Waals surface area contributed by atoms with Crippen molar-refractivity contribution in [3.8, 4) is 0 Å². The van der Waals surface area contributed by atoms with Crippen LogP contribution in [-0.2, 0) is 28.6 Å². The van der Waals surface area contributed by atoms with Crippen molar-refractivity contribution in [3.05, 3.63) is 12.7 Å². The molecule has 16 heteroatoms. The van der Waals surface area contributed by atoms with Crippen LogP contribution >= 0.6 is 70.5 Å². The zero-order valence-corrected chi connectivity index (χ0v) is 22.0. The molecule has 0 aliphatic carbocycles. The van der Waals surface area contributed by atoms with E-state index in [0.717, 1.165) is 23.5 Å². The van der Waals surface area contributed by atoms with E-state index in [0.29, 0.717) is 3.53 Å². The maximum Gasteiger partial charge on any atom is 0.510 e. The van der Waals surface area contributed by atoms with Crippen LogP contribution in [0.2, 0.25) is 0 Å². The lowest BCUT2D eigenvalue weighted by molar-refractivity contribution is -0.147. The smallest absolute Gasteiger partial charge is 0.460 e. The van der Waals surface area contributed by atoms with Gasteiger partial charge in [-0.05, 0) is 13.8 Å². The number of nitrogens with two attached hydrogens (primary N) is 1. The molecule has 0 bridgehead atoms. The molecule has 1 aliphatic heterocycles. The Morgan fingerprint density at radius 3 is 2.48 bits per heavy atom. The van der Waals surface area contributed by atoms with Crippen molar-refractivity contribution in [1.82, 2.24) is 10.6 Å². The molecule has 0 radical (unpaired) electrons. The Kier molecular flexibility index (Phi) is 13.2. The molecule has 6 atom stereocenters. The first-order chi connectivity index (χ1) is 15.4. The lowest BCUT2D eigenvalue weighted by Gasteiger charge is -2.39. The zero-order valence-electron chi connectivity index (χ0n) is 17.3. The fraction of sp³-hybridized carbons (Fsp3) is 0.588. The lowest BCUT2D eigenvalue weighted by Crippen LogP contribution is -2.61. The van der Waals surface area contributed by atoms with Crippen LogP contribution in [0.25, 0.3) is 0 Å². The first-order valence-electron chi connectivity index (χ1n) is 9.18. The van der Waals surface area contributed by atoms with Crippen molar-refractivity contribution in [1.29, 1.82) is 0 Å². The van der Waals surface area contributed by atoms with Crippen LogP contribution in [0.5, 0.6) is 0 Å². The monoisotopic (exact) mass is 581 g/mol. The normalized spacial score (nSPS) is 20.9. The predicted octanol–water partition coefficient (Wildman–Crippen LogP) is 2.24. The Morgan fingerprint density at radius 1 is 1.30 bits per heavy atom. The molecular formula is C17H22Cl3N3O7S3. The van der Waals surface area contributed by atoms with Gasteiger partial charge in [-0.2, -0.15) is 0 Å². The third kappa shape index (κ3) is 10.0. The van der Waals surface area contributed by atoms with Crippen LogP contribution in [0.3, 0.4) is 0 Å². The molecule has 4 unspecified atom stereocenters. The second kappa shape index (κ2) is 14.4. The molecule has 0 spiro atoms. The van der Waals surface area contributed by atoms with E-state index in [2.05, 4.69) is 21.9 Å². The van der Waals surface area contributed by atoms with Crippen LogP contribution in [0, 0.1) is 5.92 Å². The van der Waals surface area contributed by atoms with Crippen LogP contribution in [-0.4, -0.2) is 67.4 Å². The second-order valence-corrected chi connectivity index (χ2v) is 11.6. The quantitative estimate of drug-likeness (QED) is 0.0627. The summed E-state index contributed by atoms with van der Waals surface area (Å²) in [6, 6.07) is -1.50. The maximum absolute atomic E-state index is 12.1. The number of nitrogens with one attached hydrogen (secondary N) is 2. The number of carbonyl (C=O) groups is 4. The SMILES string of the molecule is C=CCOC(=O)C(N)C(=O)NC(C)SC(=S)S[C@H]1NC(=O)[C@@H]1C(C)OC(=O)OC(Cl)C(Cl)Cl. The van der Waals surface area contributed by atoms with Crippen LogP contribution in [0.15, 0.2) is 12.7 Å². The van der Waals surface area contributed by atoms with Gasteiger partial charge in [0.15, 0.2) is 10.9 Å². The fourth-order valence-electron chi connectivity index (χ4n) is 2.26. The third-order valence-corrected chi connectivity index (χ3v) is 7.56. The van der Waals surface area contributed by atoms with Gasteiger partial charge in [-0.25, -0.2) is 9.59 Å². The average Bonchev–Trinajstić information content (AvgIpc) is 2.69. The molecule has 186 valence electrons. The number of ether oxygens (including phenoxy) is 3. The van der Waals surface area contributed by atoms with E-state index in [1.165, 1.54) is 13.0 Å². The Labute approximate surface area is 219 Å². The van der Waals surface area contributed by atoms with Crippen molar-refractivity contribution < 1.29 is 33.4 Å². The van der Waals surface area contributed by atoms with E-state index < -0.39 is 57.2 Å². The average molecular weight is 583 g/mol. The predicted molar refractivity (Wildman–Crippen MR) is 132 cm³/mol. The van der Waals surface area contributed by atoms with E-state index in [9.17, 15) is 19.2 Å². The van der Waals surface area contributed by atoms with Gasteiger partial charge >= 0.3 is 12.1 Å². The molecule has 2 amide bonds. The summed E-state index contributed by atoms with van der Waals surface area (Å²) >= 11 is 24.2. The maximum atomic E-state index is 12.1. The zero-order chi connectivity index (χ0) is 25.3. The molecule has 1 heterocycles. The minimum Gasteiger partial charge on any atom is -0.460 e. The topological polar surface area (TPSA) is 146 Å². The Balaban J connectivity index is 2.50. The summed E-state index contributed by atoms with van der Waals surface area (Å²) in [6.07, 6.45) is -0.642. The van der Waals surface area contributed by atoms with E-state index in [-0.39, 0.29) is 12.5 Å². The van der Waals surface area contributed by atoms with Crippen molar-refractivity contribution in [2.75, 3.05) is 6.61 Å². The third-order valence-electron chi connectivity index (χ3n) is 3.83. The number of halogens is 3. The molecule has 0 saturated carbocycles. The molecule has 4 N–H and O–H groups in total. The standard InChI is InChI=1S/C17H22Cl3N3O7S3/c1-4-5-28-15(26)9(21)13(25)22-7(3)32-17(31)33-14-8(12(24)23-14)6(2)29-16(27)30-11(20)10(18)19/h4,6-11,14H,1,5,21H2,2-3H3,(H,22,25)(H,23,24)/t6?,7?,8-,9?,11?,14+/m0/s1. The Morgan fingerprint density at radius 2 is 1.94 bits per heavy atom. The molecular weight excluding hydrogens is 561 g/mol. The Bertz CT molecular complexity index is 777. The summed E-state index contributed by atoms with van der Waals surface area (Å²) in [5, 5.41) is 4.17. The van der Waals surface area contributed by atoms with Gasteiger partial charge in [0.25, 0.3) is 0 Å². The summed E-state index contributed by atoms with van der Waals surface area (Å²) < 4.78 is 14.9. The van der Waals surface area contributed by atoms with E-state index in [1.807, 2.05) is 0 Å². The summed E-state index contributed by atoms with van der Waals surface area (Å²) in [5.74, 6) is -2.68. The number of amides is 2. The minimum absolute atomic E-state index is 0.0641. The van der Waals surface area contributed by atoms with E-state index in [1.54, 1.807) is 6.92 Å². The number of carbonyl (C=O) groups excluding carboxylic acids is 4. The van der Waals surface area contributed by atoms with Gasteiger partial charge in [-0.3, -0.25) is 9.59 Å². The van der Waals surface area contributed by atoms with E-state index >= 15 is 0 Å². The summed E-state index contributed by atoms with van der Waals surface area (Å²) in [4.78, 5) is 46.3. The largest absolute Gasteiger partial charge is 0.510 e. The van der Waals surface area contributed by atoms with Gasteiger partial charge in [0.05, 0.1) is 10.7 Å². The van der Waals surface area contributed by atoms with Crippen molar-refractivity contribution in [2.24, 2.45) is 11.7 Å². The van der Waals surface area contributed by atoms with Gasteiger partial charge in [-0.15, -0.1) is 0 Å². The van der Waals surface area contributed by atoms with Crippen molar-refractivity contribution >= 4 is 98.0 Å². The summed E-state index contributed by atoms with van der Waals surface area (Å²) in [7, 11) is 0. The van der Waals surface area contributed by atoms with Gasteiger partial charge < -0.3 is 30.6 Å². The highest BCUT2D eigenvalue weighted by Crippen LogP contribution is 2.34. The first kappa shape index (κ1) is 30.1. The minimum atomic E-state index is -1.50. The lowest BCUT2D eigenvalue weighted by atomic mass is 9.96. The molecule has 0 aromatic heterocycles. The number of β-lactam (4-membered cyclic amide) rings is 1. The first-order valence-corrected chi connectivity index (χ1v) is 12.7. The van der Waals surface area contributed by atoms with Gasteiger partial charge in [0, 0.05) is 0 Å². The molecule has 0 aromatic carbocycles. The highest BCUT2D eigenvalue weighted by molar-refractivity contribution is 8.47. The summed E-state index contributed by atoms with van der Waals surface area (Å²) in [5.41, 5.74) is 4.24. The molecule has 1 saturated heterocycles. The van der Waals surface area contributed by atoms with Crippen LogP contribution in [0.1, 0.15) is 13.8 Å². The number of esters is 1. The molecule has 1 rings (SSSR count). The number of hydrogen-bond donors (Lipinski definition) is 3. The van der Waals surface area contributed by atoms with Crippen LogP contribution in [0.4, 0.5) is 4.79 Å². The highest BCUT2D eigenvalue weighted by Gasteiger charge is 2.46. The number of thiocarbonyl (C=S) groups is 1. The Hall–Kier alpha value is -0.960. The second-order valence-electron chi connectivity index (χ2n) is 6.36. The fourth-order valence-corrected chi connectivity index (χ4v) is 5.48. The van der Waals surface area contributed by atoms with Gasteiger partial charge in [0.1, 0.15) is 22.2 Å². The number of thioether (sulfide) groups is 2. The van der Waals surface area contributed by atoms with Crippen LogP contribution < -0.4 is 16.4 Å². The number of rotatable bonds is 11. The van der Waals surface area contributed by atoms with Gasteiger partial charge in [0.2, 0.25) is 17.4 Å². The summed E-state index contributed by atoms with van der Waals surface area (Å²) in [6.45, 7) is 6.48. The number of alkyl halides is 3. The molecule has 10 nitrogen and oxygen atoms in total. The van der Waals surface area contributed by atoms with Gasteiger partial charge in [-0.1, -0.05) is 83.2 Å². The molecule has 1 aliphatic rings. The number of hydrogen-bond acceptors (Lipinski definition) is 11. The molecule has 1 fully saturated rings.